The summed E-state index contributed by atoms with van der Waals surface area (Å²) in [5.74, 6) is 0.622. The number of nitrogens with zero attached hydrogens (tertiary/aromatic N) is 2. The van der Waals surface area contributed by atoms with E-state index >= 15 is 0 Å². The minimum absolute atomic E-state index is 0.0376. The average Bonchev–Trinajstić information content (AvgIpc) is 3.06. The fourth-order valence-electron chi connectivity index (χ4n) is 2.91. The molecule has 2 aromatic rings. The molecule has 1 heterocycles. The van der Waals surface area contributed by atoms with Gasteiger partial charge in [0.05, 0.1) is 6.54 Å². The summed E-state index contributed by atoms with van der Waals surface area (Å²) in [6.07, 6.45) is 0.906. The number of hydrogen-bond acceptors (Lipinski definition) is 2. The molecule has 2 N–H and O–H groups in total. The van der Waals surface area contributed by atoms with Crippen molar-refractivity contribution in [3.05, 3.63) is 64.7 Å². The Morgan fingerprint density at radius 1 is 1.20 bits per heavy atom. The van der Waals surface area contributed by atoms with E-state index in [1.807, 2.05) is 47.4 Å². The van der Waals surface area contributed by atoms with Crippen molar-refractivity contribution in [1.82, 2.24) is 10.6 Å². The van der Waals surface area contributed by atoms with Crippen LogP contribution in [0.3, 0.4) is 0 Å². The molecule has 3 rings (SSSR count). The van der Waals surface area contributed by atoms with Gasteiger partial charge in [0.1, 0.15) is 0 Å². The highest BCUT2D eigenvalue weighted by Crippen LogP contribution is 2.27. The van der Waals surface area contributed by atoms with Gasteiger partial charge in [0.25, 0.3) is 0 Å². The van der Waals surface area contributed by atoms with Gasteiger partial charge >= 0.3 is 0 Å². The molecule has 1 aliphatic heterocycles. The van der Waals surface area contributed by atoms with Crippen LogP contribution in [0.4, 0.5) is 5.69 Å². The number of rotatable bonds is 4. The third-order valence-electron chi connectivity index (χ3n) is 4.17. The van der Waals surface area contributed by atoms with E-state index in [1.165, 1.54) is 5.56 Å². The van der Waals surface area contributed by atoms with Crippen LogP contribution in [0.15, 0.2) is 53.5 Å². The van der Waals surface area contributed by atoms with Crippen molar-refractivity contribution in [2.24, 2.45) is 4.99 Å². The summed E-state index contributed by atoms with van der Waals surface area (Å²) in [6, 6.07) is 15.7. The fourth-order valence-corrected chi connectivity index (χ4v) is 3.12. The molecule has 0 bridgehead atoms. The molecular formula is C19H21ClN4O. The molecule has 6 heteroatoms. The summed E-state index contributed by atoms with van der Waals surface area (Å²) in [4.78, 5) is 18.5. The Morgan fingerprint density at radius 3 is 2.84 bits per heavy atom. The monoisotopic (exact) mass is 356 g/mol. The summed E-state index contributed by atoms with van der Waals surface area (Å²) in [7, 11) is 1.68. The molecule has 0 saturated heterocycles. The van der Waals surface area contributed by atoms with Crippen molar-refractivity contribution in [3.8, 4) is 0 Å². The lowest BCUT2D eigenvalue weighted by molar-refractivity contribution is -0.117. The van der Waals surface area contributed by atoms with Gasteiger partial charge in [-0.3, -0.25) is 9.79 Å². The van der Waals surface area contributed by atoms with E-state index in [-0.39, 0.29) is 12.5 Å². The molecule has 5 nitrogen and oxygen atoms in total. The molecule has 130 valence electrons. The van der Waals surface area contributed by atoms with Crippen molar-refractivity contribution in [3.63, 3.8) is 0 Å². The Labute approximate surface area is 152 Å². The van der Waals surface area contributed by atoms with E-state index in [4.69, 9.17) is 11.6 Å². The SMILES string of the molecule is CN=C(NCC(=O)N1CCc2ccccc21)NCc1cccc(Cl)c1. The minimum atomic E-state index is 0.0376. The third-order valence-corrected chi connectivity index (χ3v) is 4.40. The summed E-state index contributed by atoms with van der Waals surface area (Å²) in [5, 5.41) is 6.96. The number of para-hydroxylation sites is 1. The van der Waals surface area contributed by atoms with Crippen LogP contribution in [0.2, 0.25) is 5.02 Å². The molecule has 1 aliphatic rings. The maximum absolute atomic E-state index is 12.5. The Bertz CT molecular complexity index is 790. The van der Waals surface area contributed by atoms with Gasteiger partial charge in [-0.1, -0.05) is 41.9 Å². The highest BCUT2D eigenvalue weighted by atomic mass is 35.5. The Morgan fingerprint density at radius 2 is 2.04 bits per heavy atom. The minimum Gasteiger partial charge on any atom is -0.352 e. The highest BCUT2D eigenvalue weighted by molar-refractivity contribution is 6.30. The van der Waals surface area contributed by atoms with Crippen molar-refractivity contribution in [1.29, 1.82) is 0 Å². The molecule has 0 spiro atoms. The summed E-state index contributed by atoms with van der Waals surface area (Å²) in [6.45, 7) is 1.51. The largest absolute Gasteiger partial charge is 0.352 e. The summed E-state index contributed by atoms with van der Waals surface area (Å²) in [5.41, 5.74) is 3.28. The molecule has 2 aromatic carbocycles. The maximum Gasteiger partial charge on any atom is 0.246 e. The standard InChI is InChI=1S/C19H21ClN4O/c1-21-19(22-12-14-5-4-7-16(20)11-14)23-13-18(25)24-10-9-15-6-2-3-8-17(15)24/h2-8,11H,9-10,12-13H2,1H3,(H2,21,22,23). The predicted molar refractivity (Wildman–Crippen MR) is 102 cm³/mol. The van der Waals surface area contributed by atoms with Crippen LogP contribution in [-0.4, -0.2) is 32.0 Å². The normalized spacial score (nSPS) is 13.5. The number of guanidine groups is 1. The predicted octanol–water partition coefficient (Wildman–Crippen LogP) is 2.59. The molecule has 0 aliphatic carbocycles. The number of aliphatic imine (C=N–C) groups is 1. The Kier molecular flexibility index (Phi) is 5.56. The molecule has 0 fully saturated rings. The van der Waals surface area contributed by atoms with Crippen LogP contribution in [-0.2, 0) is 17.8 Å². The lowest BCUT2D eigenvalue weighted by Gasteiger charge is -2.19. The number of fused-ring (bicyclic) bond motifs is 1. The Balaban J connectivity index is 1.52. The molecule has 0 unspecified atom stereocenters. The molecule has 0 radical (unpaired) electrons. The quantitative estimate of drug-likeness (QED) is 0.654. The zero-order valence-electron chi connectivity index (χ0n) is 14.1. The molecular weight excluding hydrogens is 336 g/mol. The maximum atomic E-state index is 12.5. The van der Waals surface area contributed by atoms with Crippen molar-refractivity contribution in [2.75, 3.05) is 25.0 Å². The number of benzene rings is 2. The lowest BCUT2D eigenvalue weighted by atomic mass is 10.2. The van der Waals surface area contributed by atoms with E-state index in [1.54, 1.807) is 7.05 Å². The average molecular weight is 357 g/mol. The number of carbonyl (C=O) groups excluding carboxylic acids is 1. The van der Waals surface area contributed by atoms with Crippen LogP contribution in [0.5, 0.6) is 0 Å². The van der Waals surface area contributed by atoms with Crippen molar-refractivity contribution in [2.45, 2.75) is 13.0 Å². The highest BCUT2D eigenvalue weighted by Gasteiger charge is 2.23. The fraction of sp³-hybridized carbons (Fsp3) is 0.263. The number of carbonyl (C=O) groups is 1. The van der Waals surface area contributed by atoms with Gasteiger partial charge < -0.3 is 15.5 Å². The smallest absolute Gasteiger partial charge is 0.246 e. The summed E-state index contributed by atoms with van der Waals surface area (Å²) < 4.78 is 0. The molecule has 0 atom stereocenters. The van der Waals surface area contributed by atoms with Gasteiger partial charge in [0, 0.05) is 30.8 Å². The number of amides is 1. The molecule has 25 heavy (non-hydrogen) atoms. The van der Waals surface area contributed by atoms with Crippen LogP contribution in [0.25, 0.3) is 0 Å². The number of anilines is 1. The van der Waals surface area contributed by atoms with E-state index in [9.17, 15) is 4.79 Å². The Hall–Kier alpha value is -2.53. The topological polar surface area (TPSA) is 56.7 Å². The molecule has 1 amide bonds. The van der Waals surface area contributed by atoms with Gasteiger partial charge in [-0.2, -0.15) is 0 Å². The number of hydrogen-bond donors (Lipinski definition) is 2. The van der Waals surface area contributed by atoms with Crippen molar-refractivity contribution < 1.29 is 4.79 Å². The molecule has 0 saturated carbocycles. The van der Waals surface area contributed by atoms with E-state index < -0.39 is 0 Å². The second kappa shape index (κ2) is 8.03. The van der Waals surface area contributed by atoms with Gasteiger partial charge in [-0.05, 0) is 35.7 Å². The second-order valence-electron chi connectivity index (χ2n) is 5.83. The van der Waals surface area contributed by atoms with Crippen LogP contribution in [0.1, 0.15) is 11.1 Å². The number of nitrogens with one attached hydrogen (secondary N) is 2. The first-order valence-corrected chi connectivity index (χ1v) is 8.62. The number of halogens is 1. The first-order valence-electron chi connectivity index (χ1n) is 8.24. The first kappa shape index (κ1) is 17.3. The summed E-state index contributed by atoms with van der Waals surface area (Å²) >= 11 is 5.99. The third kappa shape index (κ3) is 4.31. The van der Waals surface area contributed by atoms with Gasteiger partial charge in [-0.25, -0.2) is 0 Å². The zero-order chi connectivity index (χ0) is 17.6. The zero-order valence-corrected chi connectivity index (χ0v) is 14.9. The van der Waals surface area contributed by atoms with Gasteiger partial charge in [-0.15, -0.1) is 0 Å². The van der Waals surface area contributed by atoms with E-state index in [0.29, 0.717) is 17.5 Å². The van der Waals surface area contributed by atoms with Crippen LogP contribution in [0, 0.1) is 0 Å². The van der Waals surface area contributed by atoms with Crippen LogP contribution < -0.4 is 15.5 Å². The van der Waals surface area contributed by atoms with Gasteiger partial charge in [0.15, 0.2) is 5.96 Å². The van der Waals surface area contributed by atoms with E-state index in [2.05, 4.69) is 21.7 Å². The van der Waals surface area contributed by atoms with Crippen molar-refractivity contribution >= 4 is 29.2 Å². The van der Waals surface area contributed by atoms with Gasteiger partial charge in [0.2, 0.25) is 5.91 Å². The second-order valence-corrected chi connectivity index (χ2v) is 6.27. The molecule has 0 aromatic heterocycles. The van der Waals surface area contributed by atoms with Crippen LogP contribution >= 0.6 is 11.6 Å². The lowest BCUT2D eigenvalue weighted by Crippen LogP contribution is -2.44. The van der Waals surface area contributed by atoms with E-state index in [0.717, 1.165) is 24.2 Å². The first-order chi connectivity index (χ1) is 12.2.